The fraction of sp³-hybridized carbons (Fsp3) is 0.318. The lowest BCUT2D eigenvalue weighted by molar-refractivity contribution is -0.153. The van der Waals surface area contributed by atoms with E-state index in [1.807, 2.05) is 34.9 Å². The number of hydrogen-bond donors (Lipinski definition) is 0. The molecule has 0 fully saturated rings. The van der Waals surface area contributed by atoms with Crippen molar-refractivity contribution in [3.05, 3.63) is 59.1 Å². The maximum Gasteiger partial charge on any atom is 0.321 e. The fourth-order valence-corrected chi connectivity index (χ4v) is 4.13. The number of aromatic nitrogens is 2. The molecule has 0 bridgehead atoms. The molecule has 2 atom stereocenters. The van der Waals surface area contributed by atoms with E-state index in [9.17, 15) is 9.59 Å². The van der Waals surface area contributed by atoms with Crippen molar-refractivity contribution in [2.45, 2.75) is 13.0 Å². The number of halogens is 1. The minimum atomic E-state index is -1.06. The summed E-state index contributed by atoms with van der Waals surface area (Å²) < 4.78 is 12.4. The molecule has 0 saturated carbocycles. The molecule has 0 spiro atoms. The predicted molar refractivity (Wildman–Crippen MR) is 114 cm³/mol. The maximum absolute atomic E-state index is 13.5. The topological polar surface area (TPSA) is 73.7 Å². The first kappa shape index (κ1) is 20.4. The lowest BCUT2D eigenvalue weighted by Crippen LogP contribution is -2.51. The van der Waals surface area contributed by atoms with Crippen LogP contribution in [-0.4, -0.2) is 48.3 Å². The number of carbonyl (C=O) groups excluding carboxylic acids is 2. The van der Waals surface area contributed by atoms with E-state index in [2.05, 4.69) is 0 Å². The molecule has 8 heteroatoms. The van der Waals surface area contributed by atoms with Gasteiger partial charge in [-0.2, -0.15) is 0 Å². The van der Waals surface area contributed by atoms with Gasteiger partial charge in [0.2, 0.25) is 11.9 Å². The van der Waals surface area contributed by atoms with E-state index in [1.165, 1.54) is 4.90 Å². The highest BCUT2D eigenvalue weighted by Gasteiger charge is 2.47. The molecule has 1 amide bonds. The monoisotopic (exact) mass is 427 g/mol. The minimum absolute atomic E-state index is 0.181. The molecule has 2 aromatic carbocycles. The third kappa shape index (κ3) is 3.44. The van der Waals surface area contributed by atoms with Gasteiger partial charge in [-0.3, -0.25) is 14.5 Å². The molecule has 2 heterocycles. The third-order valence-corrected chi connectivity index (χ3v) is 5.43. The normalized spacial score (nSPS) is 18.5. The number of para-hydroxylation sites is 2. The van der Waals surface area contributed by atoms with Crippen LogP contribution in [0.2, 0.25) is 5.02 Å². The SMILES string of the molecule is CCOC(=O)C1C(=O)N(CCOC)c2nc3ccccc3n2C1c1cccc(Cl)c1. The van der Waals surface area contributed by atoms with E-state index in [4.69, 9.17) is 26.1 Å². The Bertz CT molecular complexity index is 1100. The molecule has 1 aliphatic rings. The van der Waals surface area contributed by atoms with Gasteiger partial charge in [-0.15, -0.1) is 0 Å². The molecule has 7 nitrogen and oxygen atoms in total. The van der Waals surface area contributed by atoms with E-state index >= 15 is 0 Å². The Morgan fingerprint density at radius 2 is 2.00 bits per heavy atom. The number of fused-ring (bicyclic) bond motifs is 3. The van der Waals surface area contributed by atoms with Gasteiger partial charge >= 0.3 is 5.97 Å². The van der Waals surface area contributed by atoms with Gasteiger partial charge in [0, 0.05) is 12.1 Å². The zero-order valence-corrected chi connectivity index (χ0v) is 17.5. The van der Waals surface area contributed by atoms with Gasteiger partial charge in [0.25, 0.3) is 0 Å². The fourth-order valence-electron chi connectivity index (χ4n) is 3.93. The second kappa shape index (κ2) is 8.45. The molecule has 0 saturated heterocycles. The van der Waals surface area contributed by atoms with E-state index in [-0.39, 0.29) is 19.1 Å². The summed E-state index contributed by atoms with van der Waals surface area (Å²) in [5, 5.41) is 0.523. The number of anilines is 1. The second-order valence-corrected chi connectivity index (χ2v) is 7.42. The molecule has 156 valence electrons. The number of methoxy groups -OCH3 is 1. The van der Waals surface area contributed by atoms with Crippen LogP contribution in [0.4, 0.5) is 5.95 Å². The van der Waals surface area contributed by atoms with Crippen LogP contribution in [0.1, 0.15) is 18.5 Å². The van der Waals surface area contributed by atoms with Crippen LogP contribution < -0.4 is 4.90 Å². The van der Waals surface area contributed by atoms with Gasteiger partial charge in [-0.05, 0) is 36.8 Å². The number of hydrogen-bond acceptors (Lipinski definition) is 5. The summed E-state index contributed by atoms with van der Waals surface area (Å²) in [6, 6.07) is 14.2. The van der Waals surface area contributed by atoms with E-state index in [1.54, 1.807) is 32.2 Å². The summed E-state index contributed by atoms with van der Waals surface area (Å²) >= 11 is 6.25. The summed E-state index contributed by atoms with van der Waals surface area (Å²) in [7, 11) is 1.56. The Labute approximate surface area is 179 Å². The van der Waals surface area contributed by atoms with Crippen LogP contribution in [-0.2, 0) is 19.1 Å². The van der Waals surface area contributed by atoms with Crippen LogP contribution in [0.25, 0.3) is 11.0 Å². The Morgan fingerprint density at radius 3 is 2.73 bits per heavy atom. The highest BCUT2D eigenvalue weighted by molar-refractivity contribution is 6.30. The first-order chi connectivity index (χ1) is 14.6. The molecule has 1 aromatic heterocycles. The summed E-state index contributed by atoms with van der Waals surface area (Å²) in [5.74, 6) is -1.52. The number of rotatable bonds is 6. The molecule has 30 heavy (non-hydrogen) atoms. The highest BCUT2D eigenvalue weighted by atomic mass is 35.5. The summed E-state index contributed by atoms with van der Waals surface area (Å²) in [5.41, 5.74) is 2.30. The van der Waals surface area contributed by atoms with Crippen LogP contribution in [0.15, 0.2) is 48.5 Å². The van der Waals surface area contributed by atoms with E-state index in [0.29, 0.717) is 17.6 Å². The summed E-state index contributed by atoms with van der Waals surface area (Å²) in [4.78, 5) is 32.7. The van der Waals surface area contributed by atoms with E-state index in [0.717, 1.165) is 16.6 Å². The molecule has 4 rings (SSSR count). The third-order valence-electron chi connectivity index (χ3n) is 5.19. The van der Waals surface area contributed by atoms with Crippen molar-refractivity contribution in [2.75, 3.05) is 31.8 Å². The smallest absolute Gasteiger partial charge is 0.321 e. The molecular weight excluding hydrogens is 406 g/mol. The lowest BCUT2D eigenvalue weighted by Gasteiger charge is -2.37. The second-order valence-electron chi connectivity index (χ2n) is 6.98. The number of esters is 1. The molecule has 0 N–H and O–H groups in total. The summed E-state index contributed by atoms with van der Waals surface area (Å²) in [6.07, 6.45) is 0. The predicted octanol–water partition coefficient (Wildman–Crippen LogP) is 3.45. The summed E-state index contributed by atoms with van der Waals surface area (Å²) in [6.45, 7) is 2.49. The quantitative estimate of drug-likeness (QED) is 0.445. The van der Waals surface area contributed by atoms with Gasteiger partial charge in [-0.25, -0.2) is 4.98 Å². The zero-order valence-electron chi connectivity index (χ0n) is 16.7. The van der Waals surface area contributed by atoms with Crippen LogP contribution in [0.5, 0.6) is 0 Å². The van der Waals surface area contributed by atoms with Crippen LogP contribution in [0, 0.1) is 5.92 Å². The highest BCUT2D eigenvalue weighted by Crippen LogP contribution is 2.41. The van der Waals surface area contributed by atoms with Gasteiger partial charge in [0.15, 0.2) is 5.92 Å². The molecule has 0 radical (unpaired) electrons. The number of amides is 1. The number of carbonyl (C=O) groups is 2. The van der Waals surface area contributed by atoms with Crippen molar-refractivity contribution < 1.29 is 19.1 Å². The number of imidazole rings is 1. The van der Waals surface area contributed by atoms with Crippen molar-refractivity contribution in [2.24, 2.45) is 5.92 Å². The molecule has 0 aliphatic carbocycles. The molecule has 3 aromatic rings. The Hall–Kier alpha value is -2.90. The van der Waals surface area contributed by atoms with Crippen molar-refractivity contribution in [3.63, 3.8) is 0 Å². The van der Waals surface area contributed by atoms with E-state index < -0.39 is 17.9 Å². The van der Waals surface area contributed by atoms with Gasteiger partial charge < -0.3 is 14.0 Å². The minimum Gasteiger partial charge on any atom is -0.465 e. The largest absolute Gasteiger partial charge is 0.465 e. The van der Waals surface area contributed by atoms with Gasteiger partial charge in [0.05, 0.1) is 36.8 Å². The average Bonchev–Trinajstić information content (AvgIpc) is 3.11. The number of benzene rings is 2. The van der Waals surface area contributed by atoms with Gasteiger partial charge in [0.1, 0.15) is 0 Å². The van der Waals surface area contributed by atoms with Crippen LogP contribution in [0.3, 0.4) is 0 Å². The number of nitrogens with zero attached hydrogens (tertiary/aromatic N) is 3. The zero-order chi connectivity index (χ0) is 21.3. The lowest BCUT2D eigenvalue weighted by atomic mass is 9.89. The standard InChI is InChI=1S/C22H22ClN3O4/c1-3-30-21(28)18-19(14-7-6-8-15(23)13-14)26-17-10-5-4-9-16(17)24-22(26)25(20(18)27)11-12-29-2/h4-10,13,18-19H,3,11-12H2,1-2H3. The van der Waals surface area contributed by atoms with Crippen molar-refractivity contribution >= 4 is 40.5 Å². The molecular formula is C22H22ClN3O4. The Morgan fingerprint density at radius 1 is 1.20 bits per heavy atom. The first-order valence-corrected chi connectivity index (χ1v) is 10.1. The molecule has 1 aliphatic heterocycles. The maximum atomic E-state index is 13.5. The average molecular weight is 428 g/mol. The van der Waals surface area contributed by atoms with Gasteiger partial charge in [-0.1, -0.05) is 35.9 Å². The first-order valence-electron chi connectivity index (χ1n) is 9.76. The van der Waals surface area contributed by atoms with Crippen molar-refractivity contribution in [3.8, 4) is 0 Å². The Balaban J connectivity index is 1.98. The molecule has 2 unspecified atom stereocenters. The van der Waals surface area contributed by atoms with Crippen LogP contribution >= 0.6 is 11.6 Å². The van der Waals surface area contributed by atoms with Crippen molar-refractivity contribution in [1.82, 2.24) is 9.55 Å². The van der Waals surface area contributed by atoms with Crippen molar-refractivity contribution in [1.29, 1.82) is 0 Å². The number of ether oxygens (including phenoxy) is 2. The Kier molecular flexibility index (Phi) is 5.74.